The van der Waals surface area contributed by atoms with Gasteiger partial charge in [0.15, 0.2) is 0 Å². The molecule has 116 valence electrons. The Kier molecular flexibility index (Phi) is 4.24. The second kappa shape index (κ2) is 6.49. The number of rotatable bonds is 4. The van der Waals surface area contributed by atoms with Crippen LogP contribution >= 0.6 is 0 Å². The van der Waals surface area contributed by atoms with Gasteiger partial charge >= 0.3 is 0 Å². The van der Waals surface area contributed by atoms with E-state index < -0.39 is 5.82 Å². The molecule has 1 amide bonds. The van der Waals surface area contributed by atoms with Crippen LogP contribution in [0.15, 0.2) is 42.5 Å². The Morgan fingerprint density at radius 1 is 1.22 bits per heavy atom. The third-order valence-electron chi connectivity index (χ3n) is 3.93. The van der Waals surface area contributed by atoms with E-state index in [0.717, 1.165) is 24.2 Å². The second-order valence-corrected chi connectivity index (χ2v) is 5.44. The molecule has 2 aromatic carbocycles. The van der Waals surface area contributed by atoms with Crippen LogP contribution in [0, 0.1) is 17.1 Å². The maximum absolute atomic E-state index is 13.5. The average Bonchev–Trinajstić information content (AvgIpc) is 2.99. The largest absolute Gasteiger partial charge is 0.380 e. The molecular formula is C18H16FN3O. The fourth-order valence-corrected chi connectivity index (χ4v) is 2.70. The van der Waals surface area contributed by atoms with Crippen molar-refractivity contribution in [1.29, 1.82) is 5.26 Å². The number of benzene rings is 2. The molecule has 0 aromatic heterocycles. The van der Waals surface area contributed by atoms with Crippen LogP contribution in [-0.4, -0.2) is 12.5 Å². The average molecular weight is 309 g/mol. The van der Waals surface area contributed by atoms with E-state index in [1.807, 2.05) is 30.3 Å². The Balaban J connectivity index is 1.69. The maximum Gasteiger partial charge on any atom is 0.227 e. The number of nitrogens with one attached hydrogen (secondary N) is 1. The molecule has 0 atom stereocenters. The van der Waals surface area contributed by atoms with E-state index in [-0.39, 0.29) is 11.5 Å². The van der Waals surface area contributed by atoms with Gasteiger partial charge in [-0.1, -0.05) is 18.2 Å². The SMILES string of the molecule is N#Cc1c(F)cccc1NCc1ccc(N2CCCC2=O)cc1. The van der Waals surface area contributed by atoms with E-state index in [0.29, 0.717) is 18.7 Å². The number of carbonyl (C=O) groups is 1. The summed E-state index contributed by atoms with van der Waals surface area (Å²) in [5, 5.41) is 12.1. The van der Waals surface area contributed by atoms with Crippen LogP contribution in [-0.2, 0) is 11.3 Å². The van der Waals surface area contributed by atoms with Gasteiger partial charge in [0.25, 0.3) is 0 Å². The lowest BCUT2D eigenvalue weighted by Gasteiger charge is -2.16. The molecule has 1 heterocycles. The lowest BCUT2D eigenvalue weighted by molar-refractivity contribution is -0.117. The molecule has 0 aliphatic carbocycles. The highest BCUT2D eigenvalue weighted by atomic mass is 19.1. The van der Waals surface area contributed by atoms with Gasteiger partial charge in [-0.25, -0.2) is 4.39 Å². The smallest absolute Gasteiger partial charge is 0.227 e. The van der Waals surface area contributed by atoms with Gasteiger partial charge in [0, 0.05) is 25.2 Å². The van der Waals surface area contributed by atoms with Crippen LogP contribution in [0.1, 0.15) is 24.0 Å². The molecule has 1 fully saturated rings. The monoisotopic (exact) mass is 309 g/mol. The molecule has 1 aliphatic rings. The molecule has 0 radical (unpaired) electrons. The van der Waals surface area contributed by atoms with Crippen molar-refractivity contribution in [3.63, 3.8) is 0 Å². The molecule has 23 heavy (non-hydrogen) atoms. The van der Waals surface area contributed by atoms with Gasteiger partial charge in [-0.2, -0.15) is 5.26 Å². The van der Waals surface area contributed by atoms with Crippen LogP contribution in [0.4, 0.5) is 15.8 Å². The van der Waals surface area contributed by atoms with E-state index >= 15 is 0 Å². The van der Waals surface area contributed by atoms with E-state index in [9.17, 15) is 9.18 Å². The lowest BCUT2D eigenvalue weighted by atomic mass is 10.1. The lowest BCUT2D eigenvalue weighted by Crippen LogP contribution is -2.23. The molecule has 0 spiro atoms. The zero-order chi connectivity index (χ0) is 16.2. The number of nitriles is 1. The van der Waals surface area contributed by atoms with Gasteiger partial charge < -0.3 is 10.2 Å². The molecule has 5 heteroatoms. The van der Waals surface area contributed by atoms with Gasteiger partial charge in [0.1, 0.15) is 17.4 Å². The number of hydrogen-bond donors (Lipinski definition) is 1. The number of anilines is 2. The Morgan fingerprint density at radius 3 is 2.65 bits per heavy atom. The zero-order valence-electron chi connectivity index (χ0n) is 12.6. The number of nitrogens with zero attached hydrogens (tertiary/aromatic N) is 2. The fourth-order valence-electron chi connectivity index (χ4n) is 2.70. The second-order valence-electron chi connectivity index (χ2n) is 5.44. The van der Waals surface area contributed by atoms with Crippen LogP contribution in [0.25, 0.3) is 0 Å². The van der Waals surface area contributed by atoms with Gasteiger partial charge in [-0.05, 0) is 36.2 Å². The van der Waals surface area contributed by atoms with Crippen molar-refractivity contribution in [2.24, 2.45) is 0 Å². The number of amides is 1. The summed E-state index contributed by atoms with van der Waals surface area (Å²) in [6, 6.07) is 14.1. The number of carbonyl (C=O) groups excluding carboxylic acids is 1. The first kappa shape index (κ1) is 15.0. The summed E-state index contributed by atoms with van der Waals surface area (Å²) in [6.07, 6.45) is 1.51. The van der Waals surface area contributed by atoms with Crippen LogP contribution in [0.5, 0.6) is 0 Å². The van der Waals surface area contributed by atoms with Gasteiger partial charge in [-0.3, -0.25) is 4.79 Å². The summed E-state index contributed by atoms with van der Waals surface area (Å²) in [5.74, 6) is -0.366. The van der Waals surface area contributed by atoms with Crippen LogP contribution < -0.4 is 10.2 Å². The van der Waals surface area contributed by atoms with Crippen molar-refractivity contribution in [3.05, 3.63) is 59.4 Å². The van der Waals surface area contributed by atoms with Crippen LogP contribution in [0.2, 0.25) is 0 Å². The summed E-state index contributed by atoms with van der Waals surface area (Å²) in [6.45, 7) is 1.25. The molecule has 2 aromatic rings. The molecule has 4 nitrogen and oxygen atoms in total. The number of halogens is 1. The first-order valence-corrected chi connectivity index (χ1v) is 7.51. The quantitative estimate of drug-likeness (QED) is 0.941. The zero-order valence-corrected chi connectivity index (χ0v) is 12.6. The van der Waals surface area contributed by atoms with Crippen molar-refractivity contribution in [1.82, 2.24) is 0 Å². The third kappa shape index (κ3) is 3.16. The fraction of sp³-hybridized carbons (Fsp3) is 0.222. The Morgan fingerprint density at radius 2 is 2.00 bits per heavy atom. The third-order valence-corrected chi connectivity index (χ3v) is 3.93. The summed E-state index contributed by atoms with van der Waals surface area (Å²) < 4.78 is 13.5. The molecule has 0 bridgehead atoms. The van der Waals surface area contributed by atoms with E-state index in [1.165, 1.54) is 6.07 Å². The van der Waals surface area contributed by atoms with Crippen molar-refractivity contribution in [2.45, 2.75) is 19.4 Å². The molecule has 3 rings (SSSR count). The molecule has 1 aliphatic heterocycles. The van der Waals surface area contributed by atoms with Crippen molar-refractivity contribution in [2.75, 3.05) is 16.8 Å². The van der Waals surface area contributed by atoms with Crippen LogP contribution in [0.3, 0.4) is 0 Å². The van der Waals surface area contributed by atoms with Gasteiger partial charge in [-0.15, -0.1) is 0 Å². The number of hydrogen-bond acceptors (Lipinski definition) is 3. The van der Waals surface area contributed by atoms with E-state index in [2.05, 4.69) is 5.32 Å². The maximum atomic E-state index is 13.5. The minimum atomic E-state index is -0.527. The Bertz CT molecular complexity index is 765. The Hall–Kier alpha value is -2.87. The highest BCUT2D eigenvalue weighted by Crippen LogP contribution is 2.23. The van der Waals surface area contributed by atoms with Gasteiger partial charge in [0.2, 0.25) is 5.91 Å². The van der Waals surface area contributed by atoms with E-state index in [1.54, 1.807) is 17.0 Å². The molecule has 1 N–H and O–H groups in total. The summed E-state index contributed by atoms with van der Waals surface area (Å²) in [4.78, 5) is 13.5. The minimum absolute atomic E-state index is 0.0202. The Labute approximate surface area is 134 Å². The predicted molar refractivity (Wildman–Crippen MR) is 86.5 cm³/mol. The van der Waals surface area contributed by atoms with Crippen molar-refractivity contribution in [3.8, 4) is 6.07 Å². The van der Waals surface area contributed by atoms with Crippen molar-refractivity contribution >= 4 is 17.3 Å². The first-order chi connectivity index (χ1) is 11.2. The molecule has 1 saturated heterocycles. The normalized spacial score (nSPS) is 13.9. The van der Waals surface area contributed by atoms with E-state index in [4.69, 9.17) is 5.26 Å². The predicted octanol–water partition coefficient (Wildman–Crippen LogP) is 3.44. The van der Waals surface area contributed by atoms with Crippen molar-refractivity contribution < 1.29 is 9.18 Å². The standard InChI is InChI=1S/C18H16FN3O/c19-16-3-1-4-17(15(16)11-20)21-12-13-6-8-14(9-7-13)22-10-2-5-18(22)23/h1,3-4,6-9,21H,2,5,10,12H2. The minimum Gasteiger partial charge on any atom is -0.380 e. The highest BCUT2D eigenvalue weighted by Gasteiger charge is 2.21. The summed E-state index contributed by atoms with van der Waals surface area (Å²) in [7, 11) is 0. The summed E-state index contributed by atoms with van der Waals surface area (Å²) in [5.41, 5.74) is 2.39. The molecular weight excluding hydrogens is 293 g/mol. The van der Waals surface area contributed by atoms with Gasteiger partial charge in [0.05, 0.1) is 5.69 Å². The molecule has 0 unspecified atom stereocenters. The summed E-state index contributed by atoms with van der Waals surface area (Å²) >= 11 is 0. The topological polar surface area (TPSA) is 56.1 Å². The molecule has 0 saturated carbocycles. The highest BCUT2D eigenvalue weighted by molar-refractivity contribution is 5.95. The first-order valence-electron chi connectivity index (χ1n) is 7.51.